The van der Waals surface area contributed by atoms with Gasteiger partial charge in [0.2, 0.25) is 0 Å². The summed E-state index contributed by atoms with van der Waals surface area (Å²) in [6.45, 7) is 2.55. The number of benzene rings is 1. The van der Waals surface area contributed by atoms with Crippen molar-refractivity contribution in [3.05, 3.63) is 34.9 Å². The molecule has 0 saturated carbocycles. The zero-order valence-corrected chi connectivity index (χ0v) is 10.2. The minimum Gasteiger partial charge on any atom is -0.300 e. The van der Waals surface area contributed by atoms with Gasteiger partial charge in [-0.25, -0.2) is 0 Å². The predicted octanol–water partition coefficient (Wildman–Crippen LogP) is 2.51. The number of nitrogens with zero attached hydrogens (tertiary/aromatic N) is 2. The number of aryl methyl sites for hydroxylation is 1. The van der Waals surface area contributed by atoms with Crippen molar-refractivity contribution in [2.24, 2.45) is 0 Å². The fraction of sp³-hybridized carbons (Fsp3) is 0.533. The van der Waals surface area contributed by atoms with Crippen LogP contribution < -0.4 is 0 Å². The maximum atomic E-state index is 8.96. The standard InChI is InChI=1S/C15H18N2/c16-11-12-3-4-13-5-6-15(10-14(13)9-12)17-7-1-2-8-17/h3-4,9,15H,1-2,5-8,10H2. The molecule has 2 heteroatoms. The molecule has 0 radical (unpaired) electrons. The first-order valence-electron chi connectivity index (χ1n) is 6.63. The summed E-state index contributed by atoms with van der Waals surface area (Å²) in [5.74, 6) is 0. The van der Waals surface area contributed by atoms with Crippen LogP contribution in [0.2, 0.25) is 0 Å². The van der Waals surface area contributed by atoms with Gasteiger partial charge >= 0.3 is 0 Å². The van der Waals surface area contributed by atoms with Gasteiger partial charge in [-0.05, 0) is 68.5 Å². The Morgan fingerprint density at radius 3 is 2.76 bits per heavy atom. The van der Waals surface area contributed by atoms with Gasteiger partial charge in [-0.2, -0.15) is 5.26 Å². The van der Waals surface area contributed by atoms with Crippen molar-refractivity contribution in [1.29, 1.82) is 5.26 Å². The van der Waals surface area contributed by atoms with E-state index < -0.39 is 0 Å². The Balaban J connectivity index is 1.81. The lowest BCUT2D eigenvalue weighted by atomic mass is 9.86. The van der Waals surface area contributed by atoms with Crippen LogP contribution in [0.15, 0.2) is 18.2 Å². The first-order chi connectivity index (χ1) is 8.36. The predicted molar refractivity (Wildman–Crippen MR) is 67.8 cm³/mol. The summed E-state index contributed by atoms with van der Waals surface area (Å²) < 4.78 is 0. The number of rotatable bonds is 1. The topological polar surface area (TPSA) is 27.0 Å². The zero-order valence-electron chi connectivity index (χ0n) is 10.2. The molecule has 17 heavy (non-hydrogen) atoms. The number of nitriles is 1. The Kier molecular flexibility index (Phi) is 2.86. The van der Waals surface area contributed by atoms with Crippen LogP contribution in [0.3, 0.4) is 0 Å². The average Bonchev–Trinajstić information content (AvgIpc) is 2.91. The van der Waals surface area contributed by atoms with Gasteiger partial charge in [0.1, 0.15) is 0 Å². The van der Waals surface area contributed by atoms with E-state index in [0.717, 1.165) is 18.0 Å². The largest absolute Gasteiger partial charge is 0.300 e. The molecule has 2 aliphatic rings. The van der Waals surface area contributed by atoms with Gasteiger partial charge in [-0.1, -0.05) is 6.07 Å². The van der Waals surface area contributed by atoms with E-state index >= 15 is 0 Å². The highest BCUT2D eigenvalue weighted by Crippen LogP contribution is 2.27. The van der Waals surface area contributed by atoms with Crippen molar-refractivity contribution in [3.8, 4) is 6.07 Å². The molecule has 0 aromatic heterocycles. The van der Waals surface area contributed by atoms with Gasteiger partial charge in [0, 0.05) is 6.04 Å². The van der Waals surface area contributed by atoms with Crippen molar-refractivity contribution in [1.82, 2.24) is 4.90 Å². The van der Waals surface area contributed by atoms with Crippen LogP contribution in [0.5, 0.6) is 0 Å². The SMILES string of the molecule is N#Cc1ccc2c(c1)CC(N1CCCC1)CC2. The molecule has 1 aromatic carbocycles. The van der Waals surface area contributed by atoms with E-state index in [1.54, 1.807) is 0 Å². The molecule has 1 aromatic rings. The fourth-order valence-corrected chi connectivity index (χ4v) is 3.23. The summed E-state index contributed by atoms with van der Waals surface area (Å²) in [4.78, 5) is 2.64. The smallest absolute Gasteiger partial charge is 0.0991 e. The van der Waals surface area contributed by atoms with E-state index in [1.807, 2.05) is 6.07 Å². The highest BCUT2D eigenvalue weighted by Gasteiger charge is 2.26. The third kappa shape index (κ3) is 2.08. The van der Waals surface area contributed by atoms with Gasteiger partial charge in [0.05, 0.1) is 11.6 Å². The third-order valence-corrected chi connectivity index (χ3v) is 4.19. The van der Waals surface area contributed by atoms with Gasteiger partial charge < -0.3 is 4.90 Å². The maximum absolute atomic E-state index is 8.96. The van der Waals surface area contributed by atoms with E-state index in [4.69, 9.17) is 5.26 Å². The molecule has 1 fully saturated rings. The second-order valence-electron chi connectivity index (χ2n) is 5.23. The third-order valence-electron chi connectivity index (χ3n) is 4.19. The normalized spacial score (nSPS) is 24.3. The van der Waals surface area contributed by atoms with Crippen molar-refractivity contribution in [2.75, 3.05) is 13.1 Å². The molecule has 0 N–H and O–H groups in total. The summed E-state index contributed by atoms with van der Waals surface area (Å²) in [5.41, 5.74) is 3.68. The minimum absolute atomic E-state index is 0.721. The lowest BCUT2D eigenvalue weighted by Gasteiger charge is -2.32. The van der Waals surface area contributed by atoms with Crippen LogP contribution in [0.4, 0.5) is 0 Å². The average molecular weight is 226 g/mol. The summed E-state index contributed by atoms with van der Waals surface area (Å²) in [6.07, 6.45) is 6.34. The first-order valence-corrected chi connectivity index (χ1v) is 6.63. The number of hydrogen-bond acceptors (Lipinski definition) is 2. The molecule has 1 atom stereocenters. The highest BCUT2D eigenvalue weighted by atomic mass is 15.2. The number of fused-ring (bicyclic) bond motifs is 1. The molecule has 1 saturated heterocycles. The Hall–Kier alpha value is -1.33. The monoisotopic (exact) mass is 226 g/mol. The quantitative estimate of drug-likeness (QED) is 0.735. The van der Waals surface area contributed by atoms with Crippen molar-refractivity contribution >= 4 is 0 Å². The van der Waals surface area contributed by atoms with E-state index in [1.165, 1.54) is 49.9 Å². The number of likely N-dealkylation sites (tertiary alicyclic amines) is 1. The fourth-order valence-electron chi connectivity index (χ4n) is 3.23. The first kappa shape index (κ1) is 10.8. The van der Waals surface area contributed by atoms with Crippen molar-refractivity contribution in [2.45, 2.75) is 38.1 Å². The lowest BCUT2D eigenvalue weighted by Crippen LogP contribution is -2.37. The second-order valence-corrected chi connectivity index (χ2v) is 5.23. The summed E-state index contributed by atoms with van der Waals surface area (Å²) in [6, 6.07) is 9.16. The maximum Gasteiger partial charge on any atom is 0.0991 e. The molecule has 0 amide bonds. The molecule has 88 valence electrons. The van der Waals surface area contributed by atoms with E-state index in [0.29, 0.717) is 0 Å². The Morgan fingerprint density at radius 2 is 2.00 bits per heavy atom. The van der Waals surface area contributed by atoms with Crippen molar-refractivity contribution in [3.63, 3.8) is 0 Å². The molecule has 1 heterocycles. The van der Waals surface area contributed by atoms with E-state index in [2.05, 4.69) is 23.1 Å². The van der Waals surface area contributed by atoms with Gasteiger partial charge in [-0.15, -0.1) is 0 Å². The molecule has 1 aliphatic carbocycles. The van der Waals surface area contributed by atoms with Crippen molar-refractivity contribution < 1.29 is 0 Å². The Labute approximate surface area is 103 Å². The van der Waals surface area contributed by atoms with Crippen LogP contribution in [0, 0.1) is 11.3 Å². The van der Waals surface area contributed by atoms with Gasteiger partial charge in [0.25, 0.3) is 0 Å². The highest BCUT2D eigenvalue weighted by molar-refractivity contribution is 5.40. The molecule has 0 spiro atoms. The Morgan fingerprint density at radius 1 is 1.18 bits per heavy atom. The van der Waals surface area contributed by atoms with Crippen LogP contribution in [0.25, 0.3) is 0 Å². The summed E-state index contributed by atoms with van der Waals surface area (Å²) >= 11 is 0. The molecule has 0 bridgehead atoms. The Bertz CT molecular complexity index is 452. The second kappa shape index (κ2) is 4.50. The van der Waals surface area contributed by atoms with Crippen LogP contribution in [-0.2, 0) is 12.8 Å². The molecule has 1 unspecified atom stereocenters. The summed E-state index contributed by atoms with van der Waals surface area (Å²) in [5, 5.41) is 8.96. The summed E-state index contributed by atoms with van der Waals surface area (Å²) in [7, 11) is 0. The van der Waals surface area contributed by atoms with Gasteiger partial charge in [0.15, 0.2) is 0 Å². The van der Waals surface area contributed by atoms with E-state index in [-0.39, 0.29) is 0 Å². The molecular weight excluding hydrogens is 208 g/mol. The van der Waals surface area contributed by atoms with E-state index in [9.17, 15) is 0 Å². The van der Waals surface area contributed by atoms with Gasteiger partial charge in [-0.3, -0.25) is 0 Å². The minimum atomic E-state index is 0.721. The zero-order chi connectivity index (χ0) is 11.7. The van der Waals surface area contributed by atoms with Crippen LogP contribution in [-0.4, -0.2) is 24.0 Å². The number of hydrogen-bond donors (Lipinski definition) is 0. The molecular formula is C15H18N2. The lowest BCUT2D eigenvalue weighted by molar-refractivity contribution is 0.222. The molecule has 3 rings (SSSR count). The molecule has 1 aliphatic heterocycles. The van der Waals surface area contributed by atoms with Crippen LogP contribution in [0.1, 0.15) is 36.0 Å². The molecule has 2 nitrogen and oxygen atoms in total. The van der Waals surface area contributed by atoms with Crippen LogP contribution >= 0.6 is 0 Å².